The van der Waals surface area contributed by atoms with Gasteiger partial charge in [0.1, 0.15) is 5.65 Å². The SMILES string of the molecule is Cc1cc(=O)[nH]c2ncccc12. The maximum absolute atomic E-state index is 11.0. The summed E-state index contributed by atoms with van der Waals surface area (Å²) in [5.41, 5.74) is 1.52. The molecule has 12 heavy (non-hydrogen) atoms. The van der Waals surface area contributed by atoms with E-state index in [2.05, 4.69) is 9.97 Å². The predicted molar refractivity (Wildman–Crippen MR) is 47.1 cm³/mol. The lowest BCUT2D eigenvalue weighted by Crippen LogP contribution is -2.05. The molecule has 0 radical (unpaired) electrons. The molecule has 0 aromatic carbocycles. The number of rotatable bonds is 0. The monoisotopic (exact) mass is 160 g/mol. The number of aromatic amines is 1. The van der Waals surface area contributed by atoms with Gasteiger partial charge in [0, 0.05) is 17.6 Å². The summed E-state index contributed by atoms with van der Waals surface area (Å²) in [4.78, 5) is 17.7. The number of pyridine rings is 2. The van der Waals surface area contributed by atoms with E-state index in [0.29, 0.717) is 5.65 Å². The molecule has 0 fully saturated rings. The zero-order chi connectivity index (χ0) is 8.55. The van der Waals surface area contributed by atoms with Crippen molar-refractivity contribution in [2.45, 2.75) is 6.92 Å². The van der Waals surface area contributed by atoms with E-state index in [4.69, 9.17) is 0 Å². The van der Waals surface area contributed by atoms with Crippen LogP contribution in [0.2, 0.25) is 0 Å². The first-order valence-corrected chi connectivity index (χ1v) is 3.72. The van der Waals surface area contributed by atoms with Crippen molar-refractivity contribution < 1.29 is 0 Å². The molecule has 0 saturated carbocycles. The predicted octanol–water partition coefficient (Wildman–Crippen LogP) is 1.23. The lowest BCUT2D eigenvalue weighted by Gasteiger charge is -1.97. The van der Waals surface area contributed by atoms with Crippen molar-refractivity contribution in [1.29, 1.82) is 0 Å². The van der Waals surface area contributed by atoms with Crippen LogP contribution in [0.15, 0.2) is 29.2 Å². The average molecular weight is 160 g/mol. The number of aryl methyl sites for hydroxylation is 1. The number of nitrogens with zero attached hydrogens (tertiary/aromatic N) is 1. The number of fused-ring (bicyclic) bond motifs is 1. The van der Waals surface area contributed by atoms with Gasteiger partial charge >= 0.3 is 0 Å². The first kappa shape index (κ1) is 7.03. The third kappa shape index (κ3) is 0.993. The minimum atomic E-state index is -0.0984. The summed E-state index contributed by atoms with van der Waals surface area (Å²) in [6, 6.07) is 5.37. The van der Waals surface area contributed by atoms with Crippen molar-refractivity contribution in [1.82, 2.24) is 9.97 Å². The fourth-order valence-electron chi connectivity index (χ4n) is 1.25. The van der Waals surface area contributed by atoms with E-state index in [1.165, 1.54) is 0 Å². The molecule has 60 valence electrons. The fourth-order valence-corrected chi connectivity index (χ4v) is 1.25. The van der Waals surface area contributed by atoms with Gasteiger partial charge in [-0.05, 0) is 24.6 Å². The average Bonchev–Trinajstić information content (AvgIpc) is 2.04. The van der Waals surface area contributed by atoms with Crippen molar-refractivity contribution >= 4 is 11.0 Å². The molecule has 0 saturated heterocycles. The lowest BCUT2D eigenvalue weighted by molar-refractivity contribution is 1.21. The maximum atomic E-state index is 11.0. The molecule has 2 aromatic rings. The second kappa shape index (κ2) is 2.44. The molecule has 2 aromatic heterocycles. The Balaban J connectivity index is 2.99. The normalized spacial score (nSPS) is 10.4. The van der Waals surface area contributed by atoms with Gasteiger partial charge in [-0.2, -0.15) is 0 Å². The summed E-state index contributed by atoms with van der Waals surface area (Å²) in [7, 11) is 0. The summed E-state index contributed by atoms with van der Waals surface area (Å²) >= 11 is 0. The Morgan fingerprint density at radius 1 is 1.50 bits per heavy atom. The highest BCUT2D eigenvalue weighted by Crippen LogP contribution is 2.09. The van der Waals surface area contributed by atoms with E-state index in [1.807, 2.05) is 19.1 Å². The van der Waals surface area contributed by atoms with Crippen LogP contribution >= 0.6 is 0 Å². The zero-order valence-electron chi connectivity index (χ0n) is 6.66. The molecule has 3 heteroatoms. The van der Waals surface area contributed by atoms with Crippen molar-refractivity contribution in [3.05, 3.63) is 40.3 Å². The van der Waals surface area contributed by atoms with Crippen LogP contribution < -0.4 is 5.56 Å². The van der Waals surface area contributed by atoms with E-state index >= 15 is 0 Å². The van der Waals surface area contributed by atoms with Crippen LogP contribution in [-0.4, -0.2) is 9.97 Å². The quantitative estimate of drug-likeness (QED) is 0.630. The van der Waals surface area contributed by atoms with Gasteiger partial charge in [0.05, 0.1) is 0 Å². The van der Waals surface area contributed by atoms with Crippen LogP contribution in [0.1, 0.15) is 5.56 Å². The molecule has 0 aliphatic rings. The minimum Gasteiger partial charge on any atom is -0.307 e. The van der Waals surface area contributed by atoms with Crippen LogP contribution in [0.4, 0.5) is 0 Å². The summed E-state index contributed by atoms with van der Waals surface area (Å²) in [6.07, 6.45) is 1.66. The fraction of sp³-hybridized carbons (Fsp3) is 0.111. The van der Waals surface area contributed by atoms with Crippen molar-refractivity contribution in [2.24, 2.45) is 0 Å². The van der Waals surface area contributed by atoms with E-state index in [-0.39, 0.29) is 5.56 Å². The second-order valence-corrected chi connectivity index (χ2v) is 2.72. The van der Waals surface area contributed by atoms with Gasteiger partial charge in [-0.25, -0.2) is 4.98 Å². The van der Waals surface area contributed by atoms with Crippen LogP contribution in [0, 0.1) is 6.92 Å². The van der Waals surface area contributed by atoms with Gasteiger partial charge in [-0.15, -0.1) is 0 Å². The molecular weight excluding hydrogens is 152 g/mol. The van der Waals surface area contributed by atoms with Crippen LogP contribution in [0.25, 0.3) is 11.0 Å². The molecule has 3 nitrogen and oxygen atoms in total. The number of nitrogens with one attached hydrogen (secondary N) is 1. The Hall–Kier alpha value is -1.64. The van der Waals surface area contributed by atoms with E-state index < -0.39 is 0 Å². The summed E-state index contributed by atoms with van der Waals surface area (Å²) in [5.74, 6) is 0. The smallest absolute Gasteiger partial charge is 0.249 e. The Bertz CT molecular complexity index is 473. The number of aromatic nitrogens is 2. The zero-order valence-corrected chi connectivity index (χ0v) is 6.66. The van der Waals surface area contributed by atoms with E-state index in [9.17, 15) is 4.79 Å². The van der Waals surface area contributed by atoms with Crippen molar-refractivity contribution in [2.75, 3.05) is 0 Å². The third-order valence-corrected chi connectivity index (χ3v) is 1.82. The number of H-pyrrole nitrogens is 1. The third-order valence-electron chi connectivity index (χ3n) is 1.82. The second-order valence-electron chi connectivity index (χ2n) is 2.72. The molecule has 0 aliphatic carbocycles. The topological polar surface area (TPSA) is 45.8 Å². The molecule has 0 bridgehead atoms. The lowest BCUT2D eigenvalue weighted by atomic mass is 10.2. The Labute approximate surface area is 69.1 Å². The first-order valence-electron chi connectivity index (χ1n) is 3.72. The number of hydrogen-bond donors (Lipinski definition) is 1. The molecule has 0 atom stereocenters. The minimum absolute atomic E-state index is 0.0984. The summed E-state index contributed by atoms with van der Waals surface area (Å²) in [5, 5.41) is 0.997. The Kier molecular flexibility index (Phi) is 1.43. The largest absolute Gasteiger partial charge is 0.307 e. The van der Waals surface area contributed by atoms with Crippen LogP contribution in [0.3, 0.4) is 0 Å². The van der Waals surface area contributed by atoms with Crippen molar-refractivity contribution in [3.8, 4) is 0 Å². The highest BCUT2D eigenvalue weighted by atomic mass is 16.1. The molecular formula is C9H8N2O. The van der Waals surface area contributed by atoms with Crippen molar-refractivity contribution in [3.63, 3.8) is 0 Å². The standard InChI is InChI=1S/C9H8N2O/c1-6-5-8(12)11-9-7(6)3-2-4-10-9/h2-5H,1H3,(H,10,11,12). The van der Waals surface area contributed by atoms with Gasteiger partial charge in [0.25, 0.3) is 0 Å². The highest BCUT2D eigenvalue weighted by molar-refractivity contribution is 5.77. The molecule has 2 rings (SSSR count). The van der Waals surface area contributed by atoms with Gasteiger partial charge in [-0.1, -0.05) is 0 Å². The Morgan fingerprint density at radius 3 is 3.17 bits per heavy atom. The van der Waals surface area contributed by atoms with Gasteiger partial charge < -0.3 is 4.98 Å². The molecule has 0 aliphatic heterocycles. The molecule has 0 spiro atoms. The molecule has 1 N–H and O–H groups in total. The van der Waals surface area contributed by atoms with Gasteiger partial charge in [-0.3, -0.25) is 4.79 Å². The molecule has 0 amide bonds. The van der Waals surface area contributed by atoms with Crippen LogP contribution in [-0.2, 0) is 0 Å². The highest BCUT2D eigenvalue weighted by Gasteiger charge is 1.97. The molecule has 0 unspecified atom stereocenters. The summed E-state index contributed by atoms with van der Waals surface area (Å²) in [6.45, 7) is 1.90. The van der Waals surface area contributed by atoms with Crippen LogP contribution in [0.5, 0.6) is 0 Å². The van der Waals surface area contributed by atoms with Gasteiger partial charge in [0.2, 0.25) is 5.56 Å². The van der Waals surface area contributed by atoms with Gasteiger partial charge in [0.15, 0.2) is 0 Å². The number of hydrogen-bond acceptors (Lipinski definition) is 2. The molecule has 2 heterocycles. The maximum Gasteiger partial charge on any atom is 0.249 e. The Morgan fingerprint density at radius 2 is 2.33 bits per heavy atom. The first-order chi connectivity index (χ1) is 5.77. The van der Waals surface area contributed by atoms with E-state index in [1.54, 1.807) is 12.3 Å². The van der Waals surface area contributed by atoms with E-state index in [0.717, 1.165) is 10.9 Å². The summed E-state index contributed by atoms with van der Waals surface area (Å²) < 4.78 is 0.